The molecule has 2 aromatic carbocycles. The number of hydrogen-bond donors (Lipinski definition) is 0. The fourth-order valence-corrected chi connectivity index (χ4v) is 5.10. The molecular weight excluding hydrogens is 362 g/mol. The van der Waals surface area contributed by atoms with Crippen LogP contribution in [0.2, 0.25) is 0 Å². The van der Waals surface area contributed by atoms with Crippen LogP contribution in [-0.2, 0) is 10.0 Å². The van der Waals surface area contributed by atoms with Crippen molar-refractivity contribution in [1.82, 2.24) is 4.31 Å². The number of carbonyl (C=O) groups excluding carboxylic acids is 1. The van der Waals surface area contributed by atoms with Crippen molar-refractivity contribution >= 4 is 15.8 Å². The van der Waals surface area contributed by atoms with E-state index in [9.17, 15) is 13.2 Å². The van der Waals surface area contributed by atoms with Crippen molar-refractivity contribution < 1.29 is 17.9 Å². The minimum absolute atomic E-state index is 0.0146. The van der Waals surface area contributed by atoms with E-state index in [1.54, 1.807) is 25.3 Å². The van der Waals surface area contributed by atoms with Crippen molar-refractivity contribution in [1.29, 1.82) is 0 Å². The summed E-state index contributed by atoms with van der Waals surface area (Å²) in [7, 11) is -2.08. The van der Waals surface area contributed by atoms with Crippen LogP contribution in [0.4, 0.5) is 0 Å². The molecule has 144 valence electrons. The van der Waals surface area contributed by atoms with Gasteiger partial charge in [0.25, 0.3) is 0 Å². The van der Waals surface area contributed by atoms with Crippen LogP contribution >= 0.6 is 0 Å². The van der Waals surface area contributed by atoms with E-state index < -0.39 is 10.0 Å². The first-order chi connectivity index (χ1) is 12.8. The summed E-state index contributed by atoms with van der Waals surface area (Å²) >= 11 is 0. The second-order valence-corrected chi connectivity index (χ2v) is 9.00. The molecular formula is C21H25NO4S. The number of hydrogen-bond acceptors (Lipinski definition) is 4. The van der Waals surface area contributed by atoms with Crippen molar-refractivity contribution in [3.8, 4) is 5.75 Å². The molecule has 3 rings (SSSR count). The van der Waals surface area contributed by atoms with Gasteiger partial charge < -0.3 is 4.74 Å². The summed E-state index contributed by atoms with van der Waals surface area (Å²) in [6, 6.07) is 12.3. The van der Waals surface area contributed by atoms with Gasteiger partial charge in [0, 0.05) is 24.6 Å². The predicted octanol–water partition coefficient (Wildman–Crippen LogP) is 3.60. The van der Waals surface area contributed by atoms with Crippen molar-refractivity contribution in [2.45, 2.75) is 31.6 Å². The number of aryl methyl sites for hydroxylation is 2. The Morgan fingerprint density at radius 2 is 1.81 bits per heavy atom. The van der Waals surface area contributed by atoms with Crippen LogP contribution in [0.25, 0.3) is 0 Å². The van der Waals surface area contributed by atoms with E-state index in [-0.39, 0.29) is 23.1 Å². The van der Waals surface area contributed by atoms with Crippen molar-refractivity contribution in [2.24, 2.45) is 5.92 Å². The van der Waals surface area contributed by atoms with E-state index >= 15 is 0 Å². The number of rotatable bonds is 5. The zero-order valence-electron chi connectivity index (χ0n) is 15.9. The summed E-state index contributed by atoms with van der Waals surface area (Å²) < 4.78 is 32.8. The zero-order valence-corrected chi connectivity index (χ0v) is 16.8. The third-order valence-electron chi connectivity index (χ3n) is 5.10. The number of sulfonamides is 1. The van der Waals surface area contributed by atoms with Gasteiger partial charge in [0.2, 0.25) is 10.0 Å². The molecule has 6 heteroatoms. The molecule has 2 aromatic rings. The number of Topliss-reactive ketones (excluding diaryl/α,β-unsaturated/α-hetero) is 1. The van der Waals surface area contributed by atoms with Crippen LogP contribution in [0.5, 0.6) is 5.75 Å². The largest absolute Gasteiger partial charge is 0.496 e. The molecule has 0 spiro atoms. The van der Waals surface area contributed by atoms with Gasteiger partial charge in [-0.2, -0.15) is 4.31 Å². The van der Waals surface area contributed by atoms with Gasteiger partial charge in [0.15, 0.2) is 5.78 Å². The molecule has 0 aromatic heterocycles. The molecule has 0 radical (unpaired) electrons. The highest BCUT2D eigenvalue weighted by Crippen LogP contribution is 2.28. The van der Waals surface area contributed by atoms with Gasteiger partial charge in [0.05, 0.1) is 12.0 Å². The second kappa shape index (κ2) is 7.82. The summed E-state index contributed by atoms with van der Waals surface area (Å²) in [5.41, 5.74) is 2.50. The quantitative estimate of drug-likeness (QED) is 0.736. The lowest BCUT2D eigenvalue weighted by molar-refractivity contribution is 0.0872. The van der Waals surface area contributed by atoms with Gasteiger partial charge in [-0.05, 0) is 50.5 Å². The van der Waals surface area contributed by atoms with Gasteiger partial charge in [-0.1, -0.05) is 29.8 Å². The fourth-order valence-electron chi connectivity index (χ4n) is 3.49. The van der Waals surface area contributed by atoms with Crippen LogP contribution in [0.15, 0.2) is 47.4 Å². The molecule has 0 aliphatic carbocycles. The smallest absolute Gasteiger partial charge is 0.243 e. The standard InChI is InChI=1S/C21H25NO4S/c1-15-6-8-17(9-7-15)21(23)18-5-4-12-22(14-18)27(24,25)19-10-11-20(26-3)16(2)13-19/h6-11,13,18H,4-5,12,14H2,1-3H3. The van der Waals surface area contributed by atoms with E-state index in [1.807, 2.05) is 38.1 Å². The minimum Gasteiger partial charge on any atom is -0.496 e. The number of piperidine rings is 1. The zero-order chi connectivity index (χ0) is 19.6. The fraction of sp³-hybridized carbons (Fsp3) is 0.381. The summed E-state index contributed by atoms with van der Waals surface area (Å²) in [4.78, 5) is 13.1. The Bertz CT molecular complexity index is 935. The number of ketones is 1. The van der Waals surface area contributed by atoms with Gasteiger partial charge in [-0.3, -0.25) is 4.79 Å². The summed E-state index contributed by atoms with van der Waals surface area (Å²) in [5.74, 6) is 0.358. The molecule has 1 aliphatic heterocycles. The molecule has 0 saturated carbocycles. The Labute approximate surface area is 161 Å². The summed E-state index contributed by atoms with van der Waals surface area (Å²) in [5, 5.41) is 0. The van der Waals surface area contributed by atoms with Crippen LogP contribution in [0.3, 0.4) is 0 Å². The molecule has 0 bridgehead atoms. The lowest BCUT2D eigenvalue weighted by Gasteiger charge is -2.31. The molecule has 1 heterocycles. The van der Waals surface area contributed by atoms with Gasteiger partial charge in [0.1, 0.15) is 5.75 Å². The third kappa shape index (κ3) is 4.06. The first-order valence-electron chi connectivity index (χ1n) is 9.08. The molecule has 0 amide bonds. The number of ether oxygens (including phenoxy) is 1. The maximum absolute atomic E-state index is 13.1. The number of nitrogens with zero attached hydrogens (tertiary/aromatic N) is 1. The van der Waals surface area contributed by atoms with Crippen LogP contribution < -0.4 is 4.74 Å². The maximum Gasteiger partial charge on any atom is 0.243 e. The Kier molecular flexibility index (Phi) is 5.67. The maximum atomic E-state index is 13.1. The molecule has 0 N–H and O–H groups in total. The lowest BCUT2D eigenvalue weighted by atomic mass is 9.91. The van der Waals surface area contributed by atoms with E-state index in [2.05, 4.69) is 0 Å². The van der Waals surface area contributed by atoms with E-state index in [4.69, 9.17) is 4.74 Å². The highest BCUT2D eigenvalue weighted by atomic mass is 32.2. The van der Waals surface area contributed by atoms with Crippen molar-refractivity contribution in [3.05, 3.63) is 59.2 Å². The van der Waals surface area contributed by atoms with E-state index in [0.29, 0.717) is 30.7 Å². The SMILES string of the molecule is COc1ccc(S(=O)(=O)N2CCCC(C(=O)c3ccc(C)cc3)C2)cc1C. The minimum atomic E-state index is -3.64. The van der Waals surface area contributed by atoms with Crippen LogP contribution in [0.1, 0.15) is 34.3 Å². The molecule has 5 nitrogen and oxygen atoms in total. The average molecular weight is 388 g/mol. The van der Waals surface area contributed by atoms with Crippen molar-refractivity contribution in [2.75, 3.05) is 20.2 Å². The highest BCUT2D eigenvalue weighted by Gasteiger charge is 2.33. The van der Waals surface area contributed by atoms with Gasteiger partial charge in [-0.15, -0.1) is 0 Å². The molecule has 1 unspecified atom stereocenters. The number of methoxy groups -OCH3 is 1. The van der Waals surface area contributed by atoms with E-state index in [1.165, 1.54) is 4.31 Å². The first-order valence-corrected chi connectivity index (χ1v) is 10.5. The third-order valence-corrected chi connectivity index (χ3v) is 6.96. The first kappa shape index (κ1) is 19.6. The number of carbonyl (C=O) groups is 1. The van der Waals surface area contributed by atoms with Gasteiger partial charge >= 0.3 is 0 Å². The topological polar surface area (TPSA) is 63.7 Å². The molecule has 27 heavy (non-hydrogen) atoms. The molecule has 1 fully saturated rings. The second-order valence-electron chi connectivity index (χ2n) is 7.06. The average Bonchev–Trinajstić information content (AvgIpc) is 2.68. The van der Waals surface area contributed by atoms with Crippen LogP contribution in [-0.4, -0.2) is 38.7 Å². The summed E-state index contributed by atoms with van der Waals surface area (Å²) in [6.07, 6.45) is 1.39. The van der Waals surface area contributed by atoms with Crippen LogP contribution in [0, 0.1) is 19.8 Å². The Morgan fingerprint density at radius 3 is 2.44 bits per heavy atom. The normalized spacial score (nSPS) is 18.3. The summed E-state index contributed by atoms with van der Waals surface area (Å²) in [6.45, 7) is 4.45. The molecule has 1 atom stereocenters. The monoisotopic (exact) mass is 387 g/mol. The van der Waals surface area contributed by atoms with Crippen molar-refractivity contribution in [3.63, 3.8) is 0 Å². The Balaban J connectivity index is 1.81. The Morgan fingerprint density at radius 1 is 1.11 bits per heavy atom. The Hall–Kier alpha value is -2.18. The number of benzene rings is 2. The predicted molar refractivity (Wildman–Crippen MR) is 105 cm³/mol. The molecule has 1 aliphatic rings. The lowest BCUT2D eigenvalue weighted by Crippen LogP contribution is -2.42. The molecule has 1 saturated heterocycles. The van der Waals surface area contributed by atoms with Gasteiger partial charge in [-0.25, -0.2) is 8.42 Å². The highest BCUT2D eigenvalue weighted by molar-refractivity contribution is 7.89. The van der Waals surface area contributed by atoms with E-state index in [0.717, 1.165) is 11.1 Å².